The molecule has 1 aliphatic heterocycles. The van der Waals surface area contributed by atoms with Crippen LogP contribution in [0.25, 0.3) is 11.5 Å². The highest BCUT2D eigenvalue weighted by Crippen LogP contribution is 2.39. The van der Waals surface area contributed by atoms with Gasteiger partial charge in [0.25, 0.3) is 0 Å². The third-order valence-corrected chi connectivity index (χ3v) is 7.95. The Bertz CT molecular complexity index is 1660. The van der Waals surface area contributed by atoms with Crippen LogP contribution < -0.4 is 5.32 Å². The third kappa shape index (κ3) is 4.51. The molecule has 5 aromatic rings. The maximum Gasteiger partial charge on any atom is 0.322 e. The molecule has 6 rings (SSSR count). The molecular formula is C31H28FN5OS. The third-order valence-electron chi connectivity index (χ3n) is 7.20. The van der Waals surface area contributed by atoms with Crippen molar-refractivity contribution in [2.45, 2.75) is 31.3 Å². The van der Waals surface area contributed by atoms with Gasteiger partial charge in [-0.3, -0.25) is 0 Å². The van der Waals surface area contributed by atoms with Crippen LogP contribution in [0.2, 0.25) is 0 Å². The molecule has 0 saturated heterocycles. The number of benzene rings is 3. The highest BCUT2D eigenvalue weighted by atomic mass is 32.2. The first-order valence-electron chi connectivity index (χ1n) is 12.7. The highest BCUT2D eigenvalue weighted by molar-refractivity contribution is 7.98. The number of para-hydroxylation sites is 1. The number of amides is 2. The van der Waals surface area contributed by atoms with Crippen molar-refractivity contribution in [1.29, 1.82) is 0 Å². The first kappa shape index (κ1) is 25.0. The molecule has 3 aromatic carbocycles. The van der Waals surface area contributed by atoms with E-state index in [0.29, 0.717) is 17.8 Å². The number of hydrogen-bond donors (Lipinski definition) is 1. The minimum absolute atomic E-state index is 0.315. The fourth-order valence-electron chi connectivity index (χ4n) is 5.15. The predicted molar refractivity (Wildman–Crippen MR) is 153 cm³/mol. The lowest BCUT2D eigenvalue weighted by Crippen LogP contribution is -2.38. The molecule has 0 bridgehead atoms. The molecule has 1 atom stereocenters. The van der Waals surface area contributed by atoms with Gasteiger partial charge in [0.05, 0.1) is 29.7 Å². The standard InChI is InChI=1S/C31H28FN5OS/c1-20-11-14-23(18-27(20)32)33-31(38)36-19-26-21(2)34-37(24-8-5-4-6-9-24)30(26)35-17-7-10-28(35)29(36)22-12-15-25(39-3)16-13-22/h4-18,29H,19H2,1-3H3,(H,33,38)/t29-/m1/s1. The molecule has 0 aliphatic carbocycles. The summed E-state index contributed by atoms with van der Waals surface area (Å²) >= 11 is 1.67. The van der Waals surface area contributed by atoms with Crippen molar-refractivity contribution < 1.29 is 9.18 Å². The van der Waals surface area contributed by atoms with Gasteiger partial charge in [0.1, 0.15) is 11.6 Å². The summed E-state index contributed by atoms with van der Waals surface area (Å²) in [5.74, 6) is 0.546. The quantitative estimate of drug-likeness (QED) is 0.245. The normalized spacial score (nSPS) is 14.5. The van der Waals surface area contributed by atoms with Crippen LogP contribution in [0.15, 0.2) is 96.0 Å². The summed E-state index contributed by atoms with van der Waals surface area (Å²) in [4.78, 5) is 17.0. The number of aryl methyl sites for hydroxylation is 2. The second-order valence-electron chi connectivity index (χ2n) is 9.64. The summed E-state index contributed by atoms with van der Waals surface area (Å²) < 4.78 is 18.4. The summed E-state index contributed by atoms with van der Waals surface area (Å²) in [6.45, 7) is 4.00. The predicted octanol–water partition coefficient (Wildman–Crippen LogP) is 7.28. The molecule has 2 aromatic heterocycles. The van der Waals surface area contributed by atoms with Crippen LogP contribution in [-0.4, -0.2) is 31.5 Å². The Morgan fingerprint density at radius 1 is 1.00 bits per heavy atom. The van der Waals surface area contributed by atoms with Crippen LogP contribution in [0.1, 0.15) is 34.1 Å². The van der Waals surface area contributed by atoms with Crippen LogP contribution in [-0.2, 0) is 6.54 Å². The van der Waals surface area contributed by atoms with Crippen molar-refractivity contribution in [2.75, 3.05) is 11.6 Å². The van der Waals surface area contributed by atoms with E-state index in [-0.39, 0.29) is 17.9 Å². The maximum absolute atomic E-state index is 14.3. The Labute approximate surface area is 231 Å². The van der Waals surface area contributed by atoms with Crippen molar-refractivity contribution in [1.82, 2.24) is 19.2 Å². The minimum atomic E-state index is -0.387. The lowest BCUT2D eigenvalue weighted by Gasteiger charge is -2.31. The molecule has 0 saturated carbocycles. The number of carbonyl (C=O) groups is 1. The smallest absolute Gasteiger partial charge is 0.308 e. The van der Waals surface area contributed by atoms with Gasteiger partial charge in [0.15, 0.2) is 0 Å². The van der Waals surface area contributed by atoms with Gasteiger partial charge in [0.2, 0.25) is 0 Å². The average Bonchev–Trinajstić information content (AvgIpc) is 3.51. The number of anilines is 1. The van der Waals surface area contributed by atoms with E-state index < -0.39 is 0 Å². The van der Waals surface area contributed by atoms with Gasteiger partial charge in [-0.15, -0.1) is 11.8 Å². The zero-order valence-corrected chi connectivity index (χ0v) is 22.7. The largest absolute Gasteiger partial charge is 0.322 e. The molecule has 8 heteroatoms. The number of nitrogens with zero attached hydrogens (tertiary/aromatic N) is 4. The molecule has 0 fully saturated rings. The van der Waals surface area contributed by atoms with Crippen LogP contribution >= 0.6 is 11.8 Å². The number of thioether (sulfide) groups is 1. The van der Waals surface area contributed by atoms with Crippen molar-refractivity contribution in [3.63, 3.8) is 0 Å². The van der Waals surface area contributed by atoms with Gasteiger partial charge in [-0.05, 0) is 79.8 Å². The van der Waals surface area contributed by atoms with E-state index in [1.807, 2.05) is 71.4 Å². The first-order chi connectivity index (χ1) is 18.9. The van der Waals surface area contributed by atoms with Gasteiger partial charge in [-0.1, -0.05) is 36.4 Å². The number of rotatable bonds is 4. The van der Waals surface area contributed by atoms with Crippen LogP contribution in [0, 0.1) is 19.7 Å². The van der Waals surface area contributed by atoms with Crippen LogP contribution in [0.3, 0.4) is 0 Å². The molecule has 6 nitrogen and oxygen atoms in total. The molecular weight excluding hydrogens is 509 g/mol. The van der Waals surface area contributed by atoms with Gasteiger partial charge in [-0.2, -0.15) is 5.10 Å². The van der Waals surface area contributed by atoms with Crippen molar-refractivity contribution in [2.24, 2.45) is 0 Å². The molecule has 1 aliphatic rings. The highest BCUT2D eigenvalue weighted by Gasteiger charge is 2.36. The van der Waals surface area contributed by atoms with Crippen molar-refractivity contribution in [3.8, 4) is 11.5 Å². The zero-order valence-electron chi connectivity index (χ0n) is 21.9. The average molecular weight is 538 g/mol. The Kier molecular flexibility index (Phi) is 6.48. The Morgan fingerprint density at radius 3 is 2.49 bits per heavy atom. The molecule has 1 N–H and O–H groups in total. The topological polar surface area (TPSA) is 55.1 Å². The van der Waals surface area contributed by atoms with Crippen LogP contribution in [0.4, 0.5) is 14.9 Å². The number of carbonyl (C=O) groups excluding carboxylic acids is 1. The molecule has 2 amide bonds. The number of fused-ring (bicyclic) bond motifs is 3. The summed E-state index contributed by atoms with van der Waals surface area (Å²) in [6, 6.07) is 26.4. The van der Waals surface area contributed by atoms with Gasteiger partial charge < -0.3 is 14.8 Å². The van der Waals surface area contributed by atoms with Gasteiger partial charge >= 0.3 is 6.03 Å². The fraction of sp³-hybridized carbons (Fsp3) is 0.161. The summed E-state index contributed by atoms with van der Waals surface area (Å²) in [6.07, 6.45) is 4.07. The molecule has 0 spiro atoms. The SMILES string of the molecule is CSc1ccc([C@@H]2c3cccn3-c3c(c(C)nn3-c3ccccc3)CN2C(=O)Nc2ccc(C)c(F)c2)cc1. The van der Waals surface area contributed by atoms with Gasteiger partial charge in [-0.25, -0.2) is 13.9 Å². The van der Waals surface area contributed by atoms with E-state index in [2.05, 4.69) is 34.1 Å². The lowest BCUT2D eigenvalue weighted by atomic mass is 10.0. The van der Waals surface area contributed by atoms with E-state index in [4.69, 9.17) is 5.10 Å². The Hall–Kier alpha value is -4.30. The molecule has 0 unspecified atom stereocenters. The number of urea groups is 1. The van der Waals surface area contributed by atoms with Gasteiger partial charge in [0, 0.05) is 22.3 Å². The fourth-order valence-corrected chi connectivity index (χ4v) is 5.56. The van der Waals surface area contributed by atoms with E-state index in [0.717, 1.165) is 38.9 Å². The van der Waals surface area contributed by atoms with Crippen LogP contribution in [0.5, 0.6) is 0 Å². The number of aromatic nitrogens is 3. The van der Waals surface area contributed by atoms with E-state index in [9.17, 15) is 9.18 Å². The summed E-state index contributed by atoms with van der Waals surface area (Å²) in [7, 11) is 0. The van der Waals surface area contributed by atoms with Crippen molar-refractivity contribution in [3.05, 3.63) is 125 Å². The van der Waals surface area contributed by atoms with Crippen molar-refractivity contribution >= 4 is 23.5 Å². The monoisotopic (exact) mass is 537 g/mol. The second-order valence-corrected chi connectivity index (χ2v) is 10.5. The van der Waals surface area contributed by atoms with E-state index >= 15 is 0 Å². The summed E-state index contributed by atoms with van der Waals surface area (Å²) in [5, 5.41) is 7.84. The lowest BCUT2D eigenvalue weighted by molar-refractivity contribution is 0.194. The minimum Gasteiger partial charge on any atom is -0.308 e. The number of hydrogen-bond acceptors (Lipinski definition) is 3. The molecule has 0 radical (unpaired) electrons. The van der Waals surface area contributed by atoms with E-state index in [1.165, 1.54) is 6.07 Å². The molecule has 3 heterocycles. The first-order valence-corrected chi connectivity index (χ1v) is 14.0. The zero-order chi connectivity index (χ0) is 27.1. The Balaban J connectivity index is 1.52. The second kappa shape index (κ2) is 10.1. The molecule has 196 valence electrons. The molecule has 39 heavy (non-hydrogen) atoms. The maximum atomic E-state index is 14.3. The number of halogens is 1. The summed E-state index contributed by atoms with van der Waals surface area (Å²) in [5.41, 5.74) is 5.59. The Morgan fingerprint density at radius 2 is 1.77 bits per heavy atom. The number of nitrogens with one attached hydrogen (secondary N) is 1. The van der Waals surface area contributed by atoms with E-state index in [1.54, 1.807) is 30.8 Å².